The van der Waals surface area contributed by atoms with Crippen LogP contribution in [0.15, 0.2) is 47.5 Å². The van der Waals surface area contributed by atoms with Crippen molar-refractivity contribution in [1.29, 1.82) is 5.26 Å². The average Bonchev–Trinajstić information content (AvgIpc) is 3.16. The molecule has 1 aliphatic carbocycles. The number of halogens is 4. The Morgan fingerprint density at radius 3 is 2.52 bits per heavy atom. The first-order valence-corrected chi connectivity index (χ1v) is 10.0. The molecular weight excluding hydrogens is 434 g/mol. The Morgan fingerprint density at radius 2 is 1.94 bits per heavy atom. The second-order valence-corrected chi connectivity index (χ2v) is 8.47. The molecular formula is C20H15F4N5OS. The van der Waals surface area contributed by atoms with Crippen molar-refractivity contribution in [1.82, 2.24) is 14.5 Å². The van der Waals surface area contributed by atoms with Crippen LogP contribution in [0.5, 0.6) is 0 Å². The summed E-state index contributed by atoms with van der Waals surface area (Å²) in [4.78, 5) is 19.8. The summed E-state index contributed by atoms with van der Waals surface area (Å²) in [5.74, 6) is -0.295. The van der Waals surface area contributed by atoms with Gasteiger partial charge < -0.3 is 5.32 Å². The Balaban J connectivity index is 1.40. The summed E-state index contributed by atoms with van der Waals surface area (Å²) >= 11 is 0.562. The fourth-order valence-corrected chi connectivity index (χ4v) is 4.42. The van der Waals surface area contributed by atoms with Crippen LogP contribution in [-0.4, -0.2) is 20.6 Å². The van der Waals surface area contributed by atoms with E-state index in [2.05, 4.69) is 21.4 Å². The monoisotopic (exact) mass is 449 g/mol. The SMILES string of the molecule is N#C[C@]1(c2ccc(F)cc2)C[C@@H](Nc2ncn(Cc3ccc(C(F)(F)F)s3)c(=O)n2)C1. The predicted octanol–water partition coefficient (Wildman–Crippen LogP) is 3.94. The first-order chi connectivity index (χ1) is 14.7. The van der Waals surface area contributed by atoms with E-state index in [0.717, 1.165) is 16.2 Å². The van der Waals surface area contributed by atoms with Crippen molar-refractivity contribution in [3.8, 4) is 6.07 Å². The van der Waals surface area contributed by atoms with Gasteiger partial charge in [-0.15, -0.1) is 11.3 Å². The molecule has 2 aromatic heterocycles. The third-order valence-corrected chi connectivity index (χ3v) is 6.28. The van der Waals surface area contributed by atoms with Gasteiger partial charge in [-0.1, -0.05) is 12.1 Å². The molecule has 3 aromatic rings. The normalized spacial score (nSPS) is 20.7. The van der Waals surface area contributed by atoms with E-state index >= 15 is 0 Å². The molecule has 0 bridgehead atoms. The number of alkyl halides is 3. The van der Waals surface area contributed by atoms with Gasteiger partial charge in [-0.2, -0.15) is 23.4 Å². The quantitative estimate of drug-likeness (QED) is 0.597. The van der Waals surface area contributed by atoms with E-state index in [1.54, 1.807) is 12.1 Å². The third-order valence-electron chi connectivity index (χ3n) is 5.17. The maximum Gasteiger partial charge on any atom is 0.425 e. The molecule has 0 radical (unpaired) electrons. The number of benzene rings is 1. The molecule has 0 saturated heterocycles. The fraction of sp³-hybridized carbons (Fsp3) is 0.300. The summed E-state index contributed by atoms with van der Waals surface area (Å²) < 4.78 is 52.4. The maximum absolute atomic E-state index is 13.1. The van der Waals surface area contributed by atoms with Crippen LogP contribution in [0, 0.1) is 17.1 Å². The summed E-state index contributed by atoms with van der Waals surface area (Å²) in [6, 6.07) is 10.2. The Kier molecular flexibility index (Phi) is 5.26. The summed E-state index contributed by atoms with van der Waals surface area (Å²) in [6.07, 6.45) is -2.32. The molecule has 0 aliphatic heterocycles. The van der Waals surface area contributed by atoms with Crippen molar-refractivity contribution in [2.45, 2.75) is 37.0 Å². The van der Waals surface area contributed by atoms with Gasteiger partial charge in [0.15, 0.2) is 0 Å². The molecule has 0 unspecified atom stereocenters. The van der Waals surface area contributed by atoms with Crippen LogP contribution in [0.25, 0.3) is 0 Å². The highest BCUT2D eigenvalue weighted by molar-refractivity contribution is 7.12. The van der Waals surface area contributed by atoms with Gasteiger partial charge in [-0.05, 0) is 42.7 Å². The molecule has 4 rings (SSSR count). The lowest BCUT2D eigenvalue weighted by Gasteiger charge is -2.43. The molecule has 2 heterocycles. The molecule has 1 aromatic carbocycles. The van der Waals surface area contributed by atoms with Crippen LogP contribution >= 0.6 is 11.3 Å². The van der Waals surface area contributed by atoms with Crippen molar-refractivity contribution in [3.05, 3.63) is 74.3 Å². The van der Waals surface area contributed by atoms with Gasteiger partial charge in [-0.3, -0.25) is 4.57 Å². The van der Waals surface area contributed by atoms with Crippen LogP contribution in [0.4, 0.5) is 23.5 Å². The fourth-order valence-electron chi connectivity index (χ4n) is 3.55. The van der Waals surface area contributed by atoms with Gasteiger partial charge in [-0.25, -0.2) is 14.2 Å². The zero-order valence-electron chi connectivity index (χ0n) is 15.9. The van der Waals surface area contributed by atoms with Crippen molar-refractivity contribution < 1.29 is 17.6 Å². The number of nitriles is 1. The van der Waals surface area contributed by atoms with Crippen LogP contribution < -0.4 is 11.0 Å². The molecule has 31 heavy (non-hydrogen) atoms. The number of aromatic nitrogens is 3. The minimum absolute atomic E-state index is 0.0641. The molecule has 6 nitrogen and oxygen atoms in total. The highest BCUT2D eigenvalue weighted by Gasteiger charge is 2.46. The number of nitrogens with one attached hydrogen (secondary N) is 1. The van der Waals surface area contributed by atoms with Crippen LogP contribution in [-0.2, 0) is 18.1 Å². The zero-order chi connectivity index (χ0) is 22.2. The van der Waals surface area contributed by atoms with Gasteiger partial charge in [0, 0.05) is 10.9 Å². The van der Waals surface area contributed by atoms with Crippen LogP contribution in [0.1, 0.15) is 28.2 Å². The second-order valence-electron chi connectivity index (χ2n) is 7.30. The Morgan fingerprint density at radius 1 is 1.23 bits per heavy atom. The van der Waals surface area contributed by atoms with E-state index < -0.39 is 22.2 Å². The lowest BCUT2D eigenvalue weighted by Crippen LogP contribution is -2.48. The predicted molar refractivity (Wildman–Crippen MR) is 105 cm³/mol. The molecule has 1 fully saturated rings. The van der Waals surface area contributed by atoms with Gasteiger partial charge in [0.05, 0.1) is 18.0 Å². The van der Waals surface area contributed by atoms with Crippen molar-refractivity contribution >= 4 is 17.3 Å². The summed E-state index contributed by atoms with van der Waals surface area (Å²) in [5.41, 5.74) is -0.667. The second kappa shape index (κ2) is 7.77. The molecule has 1 aliphatic rings. The van der Waals surface area contributed by atoms with E-state index in [0.29, 0.717) is 29.1 Å². The molecule has 1 saturated carbocycles. The average molecular weight is 449 g/mol. The van der Waals surface area contributed by atoms with E-state index in [-0.39, 0.29) is 24.4 Å². The van der Waals surface area contributed by atoms with Crippen LogP contribution in [0.3, 0.4) is 0 Å². The molecule has 0 atom stereocenters. The molecule has 0 spiro atoms. The van der Waals surface area contributed by atoms with E-state index in [1.807, 2.05) is 0 Å². The first kappa shape index (κ1) is 21.0. The number of hydrogen-bond acceptors (Lipinski definition) is 6. The summed E-state index contributed by atoms with van der Waals surface area (Å²) in [6.45, 7) is -0.0641. The number of thiophene rings is 1. The minimum atomic E-state index is -4.42. The highest BCUT2D eigenvalue weighted by atomic mass is 32.1. The van der Waals surface area contributed by atoms with Gasteiger partial charge in [0.25, 0.3) is 0 Å². The highest BCUT2D eigenvalue weighted by Crippen LogP contribution is 2.44. The Bertz CT molecular complexity index is 1190. The van der Waals surface area contributed by atoms with E-state index in [9.17, 15) is 27.6 Å². The standard InChI is InChI=1S/C20H15F4N5OS/c21-13-3-1-12(2-4-13)19(10-25)7-14(8-19)27-17-26-11-29(18(30)28-17)9-15-5-6-16(31-15)20(22,23)24/h1-6,11,14H,7-9H2,(H,27,28,30)/t14-,19+. The molecule has 0 amide bonds. The zero-order valence-corrected chi connectivity index (χ0v) is 16.7. The third kappa shape index (κ3) is 4.29. The van der Waals surface area contributed by atoms with Gasteiger partial charge in [0.1, 0.15) is 17.0 Å². The van der Waals surface area contributed by atoms with Gasteiger partial charge in [0.2, 0.25) is 5.95 Å². The van der Waals surface area contributed by atoms with Crippen molar-refractivity contribution in [2.24, 2.45) is 0 Å². The largest absolute Gasteiger partial charge is 0.425 e. The van der Waals surface area contributed by atoms with Crippen molar-refractivity contribution in [2.75, 3.05) is 5.32 Å². The number of rotatable bonds is 5. The number of nitrogens with zero attached hydrogens (tertiary/aromatic N) is 4. The smallest absolute Gasteiger partial charge is 0.351 e. The lowest BCUT2D eigenvalue weighted by atomic mass is 9.62. The first-order valence-electron chi connectivity index (χ1n) is 9.22. The maximum atomic E-state index is 13.1. The Labute approximate surface area is 177 Å². The lowest BCUT2D eigenvalue weighted by molar-refractivity contribution is -0.134. The van der Waals surface area contributed by atoms with E-state index in [1.165, 1.54) is 24.5 Å². The number of anilines is 1. The van der Waals surface area contributed by atoms with E-state index in [4.69, 9.17) is 0 Å². The Hall–Kier alpha value is -3.26. The van der Waals surface area contributed by atoms with Gasteiger partial charge >= 0.3 is 11.9 Å². The minimum Gasteiger partial charge on any atom is -0.351 e. The summed E-state index contributed by atoms with van der Waals surface area (Å²) in [5, 5.41) is 12.6. The number of hydrogen-bond donors (Lipinski definition) is 1. The molecule has 160 valence electrons. The van der Waals surface area contributed by atoms with Crippen molar-refractivity contribution in [3.63, 3.8) is 0 Å². The molecule has 1 N–H and O–H groups in total. The van der Waals surface area contributed by atoms with Crippen LogP contribution in [0.2, 0.25) is 0 Å². The topological polar surface area (TPSA) is 83.6 Å². The summed E-state index contributed by atoms with van der Waals surface area (Å²) in [7, 11) is 0. The molecule has 11 heteroatoms.